The zero-order chi connectivity index (χ0) is 18.3. The number of carbonyl (C=O) groups excluding carboxylic acids is 1. The quantitative estimate of drug-likeness (QED) is 0.582. The number of phenols is 1. The van der Waals surface area contributed by atoms with Crippen LogP contribution in [-0.4, -0.2) is 22.0 Å². The average molecular weight is 326 g/mol. The molecule has 4 heteroatoms. The minimum Gasteiger partial charge on any atom is -0.506 e. The lowest BCUT2D eigenvalue weighted by Crippen LogP contribution is -2.16. The molecule has 126 valence electrons. The smallest absolute Gasteiger partial charge is 0.377 e. The molecule has 0 fully saturated rings. The van der Waals surface area contributed by atoms with E-state index in [0.717, 1.165) is 5.56 Å². The summed E-state index contributed by atoms with van der Waals surface area (Å²) in [7, 11) is 0. The summed E-state index contributed by atoms with van der Waals surface area (Å²) >= 11 is 0. The number of benzene rings is 1. The third-order valence-electron chi connectivity index (χ3n) is 3.39. The van der Waals surface area contributed by atoms with Crippen LogP contribution in [0.2, 0.25) is 0 Å². The molecule has 2 N–H and O–H groups in total. The number of ketones is 1. The molecular weight excluding hydrogens is 304 g/mol. The fraction of sp³-hybridized carbons (Fsp3) is 0.200. The van der Waals surface area contributed by atoms with E-state index in [-0.39, 0.29) is 11.3 Å². The SMILES string of the molecule is CC=Cc1c(O)c(C(=O)C(=O)O)c(C=CC)c(C=CC)c1C=CC. The van der Waals surface area contributed by atoms with Gasteiger partial charge in [-0.25, -0.2) is 4.79 Å². The second-order valence-electron chi connectivity index (χ2n) is 5.01. The second kappa shape index (κ2) is 8.67. The van der Waals surface area contributed by atoms with Crippen molar-refractivity contribution in [1.82, 2.24) is 0 Å². The molecule has 0 aliphatic rings. The predicted octanol–water partition coefficient (Wildman–Crippen LogP) is 4.79. The highest BCUT2D eigenvalue weighted by Gasteiger charge is 2.27. The van der Waals surface area contributed by atoms with Crippen molar-refractivity contribution < 1.29 is 19.8 Å². The van der Waals surface area contributed by atoms with E-state index >= 15 is 0 Å². The van der Waals surface area contributed by atoms with Crippen LogP contribution >= 0.6 is 0 Å². The molecule has 1 aromatic carbocycles. The number of Topliss-reactive ketones (excluding diaryl/α,β-unsaturated/α-hetero) is 1. The van der Waals surface area contributed by atoms with Crippen LogP contribution < -0.4 is 0 Å². The first kappa shape index (κ1) is 19.2. The van der Waals surface area contributed by atoms with E-state index in [1.165, 1.54) is 0 Å². The van der Waals surface area contributed by atoms with Gasteiger partial charge in [-0.3, -0.25) is 4.79 Å². The number of hydrogen-bond acceptors (Lipinski definition) is 3. The van der Waals surface area contributed by atoms with Crippen LogP contribution in [0.4, 0.5) is 0 Å². The van der Waals surface area contributed by atoms with E-state index in [9.17, 15) is 14.7 Å². The Kier molecular flexibility index (Phi) is 6.93. The minimum atomic E-state index is -1.60. The first-order valence-corrected chi connectivity index (χ1v) is 7.65. The van der Waals surface area contributed by atoms with Crippen LogP contribution in [0.1, 0.15) is 60.3 Å². The molecule has 24 heavy (non-hydrogen) atoms. The number of rotatable bonds is 6. The van der Waals surface area contributed by atoms with E-state index in [2.05, 4.69) is 0 Å². The van der Waals surface area contributed by atoms with Gasteiger partial charge >= 0.3 is 5.97 Å². The lowest BCUT2D eigenvalue weighted by molar-refractivity contribution is -0.131. The summed E-state index contributed by atoms with van der Waals surface area (Å²) < 4.78 is 0. The number of phenolic OH excluding ortho intramolecular Hbond substituents is 1. The number of carbonyl (C=O) groups is 2. The molecule has 0 spiro atoms. The third-order valence-corrected chi connectivity index (χ3v) is 3.39. The average Bonchev–Trinajstić information content (AvgIpc) is 2.54. The van der Waals surface area contributed by atoms with Gasteiger partial charge in [0, 0.05) is 5.56 Å². The van der Waals surface area contributed by atoms with Crippen LogP contribution in [0.3, 0.4) is 0 Å². The Balaban J connectivity index is 4.16. The number of carboxylic acid groups (broad SMARTS) is 1. The van der Waals surface area contributed by atoms with Crippen LogP contribution in [0.25, 0.3) is 24.3 Å². The van der Waals surface area contributed by atoms with Gasteiger partial charge < -0.3 is 10.2 Å². The monoisotopic (exact) mass is 326 g/mol. The van der Waals surface area contributed by atoms with Gasteiger partial charge in [0.1, 0.15) is 5.75 Å². The maximum atomic E-state index is 12.2. The Labute approximate surface area is 142 Å². The maximum Gasteiger partial charge on any atom is 0.377 e. The predicted molar refractivity (Wildman–Crippen MR) is 98.9 cm³/mol. The molecule has 0 radical (unpaired) electrons. The summed E-state index contributed by atoms with van der Waals surface area (Å²) in [6, 6.07) is 0. The molecule has 0 atom stereocenters. The summed E-state index contributed by atoms with van der Waals surface area (Å²) in [5.41, 5.74) is 2.02. The standard InChI is InChI=1S/C20H22O4/c1-5-9-13-14(10-6-2)16(12-8-4)18(21)17(15(13)11-7-3)19(22)20(23)24/h5-12,21H,1-4H3,(H,23,24). The Bertz CT molecular complexity index is 763. The van der Waals surface area contributed by atoms with Gasteiger partial charge in [0.05, 0.1) is 5.56 Å². The molecule has 1 rings (SSSR count). The molecule has 0 heterocycles. The topological polar surface area (TPSA) is 74.6 Å². The molecule has 0 unspecified atom stereocenters. The van der Waals surface area contributed by atoms with Gasteiger partial charge in [-0.1, -0.05) is 48.6 Å². The molecule has 4 nitrogen and oxygen atoms in total. The third kappa shape index (κ3) is 3.71. The summed E-state index contributed by atoms with van der Waals surface area (Å²) in [4.78, 5) is 23.4. The zero-order valence-electron chi connectivity index (χ0n) is 14.3. The van der Waals surface area contributed by atoms with Crippen molar-refractivity contribution in [2.75, 3.05) is 0 Å². The van der Waals surface area contributed by atoms with Crippen LogP contribution in [0, 0.1) is 0 Å². The van der Waals surface area contributed by atoms with Crippen LogP contribution in [-0.2, 0) is 4.79 Å². The number of aliphatic carboxylic acids is 1. The Morgan fingerprint density at radius 3 is 1.50 bits per heavy atom. The van der Waals surface area contributed by atoms with Gasteiger partial charge in [0.2, 0.25) is 0 Å². The Morgan fingerprint density at radius 2 is 1.08 bits per heavy atom. The van der Waals surface area contributed by atoms with E-state index in [1.807, 2.05) is 26.0 Å². The summed E-state index contributed by atoms with van der Waals surface area (Å²) in [6.07, 6.45) is 14.0. The molecule has 0 aromatic heterocycles. The van der Waals surface area contributed by atoms with Gasteiger partial charge in [0.15, 0.2) is 0 Å². The number of allylic oxidation sites excluding steroid dienone is 4. The number of aromatic hydroxyl groups is 1. The normalized spacial score (nSPS) is 12.2. The van der Waals surface area contributed by atoms with Crippen molar-refractivity contribution in [2.45, 2.75) is 27.7 Å². The van der Waals surface area contributed by atoms with E-state index in [1.54, 1.807) is 50.3 Å². The summed E-state index contributed by atoms with van der Waals surface area (Å²) in [6.45, 7) is 7.23. The Morgan fingerprint density at radius 1 is 0.708 bits per heavy atom. The van der Waals surface area contributed by atoms with Crippen molar-refractivity contribution in [3.8, 4) is 5.75 Å². The Hall–Kier alpha value is -2.88. The second-order valence-corrected chi connectivity index (χ2v) is 5.01. The summed E-state index contributed by atoms with van der Waals surface area (Å²) in [5.74, 6) is -3.06. The van der Waals surface area contributed by atoms with Gasteiger partial charge in [-0.15, -0.1) is 0 Å². The lowest BCUT2D eigenvalue weighted by atomic mass is 9.87. The molecule has 0 aliphatic heterocycles. The zero-order valence-corrected chi connectivity index (χ0v) is 14.3. The molecule has 1 aromatic rings. The number of hydrogen-bond donors (Lipinski definition) is 2. The van der Waals surface area contributed by atoms with Crippen molar-refractivity contribution >= 4 is 36.1 Å². The highest BCUT2D eigenvalue weighted by Crippen LogP contribution is 2.37. The first-order chi connectivity index (χ1) is 11.4. The lowest BCUT2D eigenvalue weighted by Gasteiger charge is -2.17. The van der Waals surface area contributed by atoms with Crippen molar-refractivity contribution in [3.05, 3.63) is 52.1 Å². The maximum absolute atomic E-state index is 12.2. The van der Waals surface area contributed by atoms with Gasteiger partial charge in [-0.05, 0) is 44.4 Å². The van der Waals surface area contributed by atoms with E-state index < -0.39 is 11.8 Å². The van der Waals surface area contributed by atoms with Crippen LogP contribution in [0.5, 0.6) is 5.75 Å². The number of carboxylic acids is 1. The highest BCUT2D eigenvalue weighted by molar-refractivity contribution is 6.41. The minimum absolute atomic E-state index is 0.199. The fourth-order valence-electron chi connectivity index (χ4n) is 2.52. The van der Waals surface area contributed by atoms with E-state index in [4.69, 9.17) is 5.11 Å². The van der Waals surface area contributed by atoms with E-state index in [0.29, 0.717) is 16.7 Å². The first-order valence-electron chi connectivity index (χ1n) is 7.65. The van der Waals surface area contributed by atoms with Crippen molar-refractivity contribution in [2.24, 2.45) is 0 Å². The molecule has 0 bridgehead atoms. The largest absolute Gasteiger partial charge is 0.506 e. The fourth-order valence-corrected chi connectivity index (χ4v) is 2.52. The van der Waals surface area contributed by atoms with Crippen LogP contribution in [0.15, 0.2) is 24.3 Å². The molecular formula is C20H22O4. The molecule has 0 amide bonds. The van der Waals surface area contributed by atoms with Crippen molar-refractivity contribution in [1.29, 1.82) is 0 Å². The van der Waals surface area contributed by atoms with Gasteiger partial charge in [0.25, 0.3) is 5.78 Å². The molecule has 0 aliphatic carbocycles. The van der Waals surface area contributed by atoms with Gasteiger partial charge in [-0.2, -0.15) is 0 Å². The summed E-state index contributed by atoms with van der Waals surface area (Å²) in [5, 5.41) is 19.8. The van der Waals surface area contributed by atoms with Crippen molar-refractivity contribution in [3.63, 3.8) is 0 Å². The molecule has 0 saturated heterocycles. The molecule has 0 saturated carbocycles. The highest BCUT2D eigenvalue weighted by atomic mass is 16.4.